The number of carbonyl (C=O) groups is 2. The second-order valence-electron chi connectivity index (χ2n) is 4.03. The molecule has 0 saturated carbocycles. The highest BCUT2D eigenvalue weighted by Crippen LogP contribution is 2.12. The van der Waals surface area contributed by atoms with Crippen LogP contribution in [0.15, 0.2) is 24.3 Å². The molecule has 0 unspecified atom stereocenters. The summed E-state index contributed by atoms with van der Waals surface area (Å²) in [5, 5.41) is 8.58. The second kappa shape index (κ2) is 6.76. The van der Waals surface area contributed by atoms with Crippen molar-refractivity contribution in [2.75, 3.05) is 27.2 Å². The summed E-state index contributed by atoms with van der Waals surface area (Å²) in [6, 6.07) is 6.87. The Labute approximate surface area is 106 Å². The molecule has 0 aliphatic heterocycles. The number of nitrogens with zero attached hydrogens (tertiary/aromatic N) is 1. The van der Waals surface area contributed by atoms with Crippen molar-refractivity contribution < 1.29 is 19.4 Å². The van der Waals surface area contributed by atoms with E-state index in [-0.39, 0.29) is 12.3 Å². The first-order valence-electron chi connectivity index (χ1n) is 5.60. The summed E-state index contributed by atoms with van der Waals surface area (Å²) >= 11 is 0. The van der Waals surface area contributed by atoms with E-state index in [0.717, 1.165) is 0 Å². The average Bonchev–Trinajstić information content (AvgIpc) is 2.35. The number of methoxy groups -OCH3 is 1. The maximum atomic E-state index is 11.8. The van der Waals surface area contributed by atoms with E-state index in [1.807, 2.05) is 0 Å². The van der Waals surface area contributed by atoms with Crippen molar-refractivity contribution >= 4 is 11.8 Å². The number of Topliss-reactive ketones (excluding diaryl/α,β-unsaturated/α-hetero) is 1. The smallest absolute Gasteiger partial charge is 0.317 e. The van der Waals surface area contributed by atoms with Crippen LogP contribution < -0.4 is 4.74 Å². The summed E-state index contributed by atoms with van der Waals surface area (Å²) in [6.07, 6.45) is 0.302. The van der Waals surface area contributed by atoms with Gasteiger partial charge in [0.25, 0.3) is 0 Å². The second-order valence-corrected chi connectivity index (χ2v) is 4.03. The van der Waals surface area contributed by atoms with Gasteiger partial charge in [0.1, 0.15) is 5.75 Å². The van der Waals surface area contributed by atoms with Crippen molar-refractivity contribution in [3.05, 3.63) is 29.8 Å². The quantitative estimate of drug-likeness (QED) is 0.739. The van der Waals surface area contributed by atoms with E-state index in [2.05, 4.69) is 0 Å². The number of carboxylic acid groups (broad SMARTS) is 1. The van der Waals surface area contributed by atoms with Gasteiger partial charge in [-0.25, -0.2) is 0 Å². The zero-order chi connectivity index (χ0) is 13.5. The van der Waals surface area contributed by atoms with Gasteiger partial charge in [0.2, 0.25) is 0 Å². The van der Waals surface area contributed by atoms with Gasteiger partial charge in [-0.1, -0.05) is 0 Å². The minimum Gasteiger partial charge on any atom is -0.497 e. The Hall–Kier alpha value is -1.88. The molecule has 0 aliphatic carbocycles. The molecule has 1 aromatic rings. The Kier molecular flexibility index (Phi) is 5.32. The zero-order valence-electron chi connectivity index (χ0n) is 10.5. The number of carbonyl (C=O) groups excluding carboxylic acids is 1. The van der Waals surface area contributed by atoms with E-state index < -0.39 is 5.97 Å². The van der Waals surface area contributed by atoms with Crippen LogP contribution in [0.25, 0.3) is 0 Å². The normalized spacial score (nSPS) is 10.4. The van der Waals surface area contributed by atoms with Gasteiger partial charge >= 0.3 is 5.97 Å². The fraction of sp³-hybridized carbons (Fsp3) is 0.385. The molecule has 1 aromatic carbocycles. The van der Waals surface area contributed by atoms with Crippen molar-refractivity contribution in [3.63, 3.8) is 0 Å². The topological polar surface area (TPSA) is 66.8 Å². The number of ketones is 1. The number of hydrogen-bond donors (Lipinski definition) is 1. The first kappa shape index (κ1) is 14.2. The van der Waals surface area contributed by atoms with Crippen LogP contribution in [-0.4, -0.2) is 49.0 Å². The van der Waals surface area contributed by atoms with E-state index in [0.29, 0.717) is 24.3 Å². The van der Waals surface area contributed by atoms with E-state index in [1.54, 1.807) is 43.3 Å². The van der Waals surface area contributed by atoms with Crippen molar-refractivity contribution in [3.8, 4) is 5.75 Å². The SMILES string of the molecule is COc1ccc(C(=O)CCN(C)CC(=O)O)cc1. The molecule has 0 heterocycles. The molecular formula is C13H17NO4. The van der Waals surface area contributed by atoms with Crippen molar-refractivity contribution in [1.29, 1.82) is 0 Å². The lowest BCUT2D eigenvalue weighted by Crippen LogP contribution is -2.27. The molecule has 98 valence electrons. The Morgan fingerprint density at radius 2 is 1.89 bits per heavy atom. The summed E-state index contributed by atoms with van der Waals surface area (Å²) in [7, 11) is 3.24. The van der Waals surface area contributed by atoms with Crippen LogP contribution >= 0.6 is 0 Å². The third-order valence-electron chi connectivity index (χ3n) is 2.54. The number of carboxylic acids is 1. The van der Waals surface area contributed by atoms with Crippen LogP contribution in [0, 0.1) is 0 Å². The van der Waals surface area contributed by atoms with Gasteiger partial charge in [-0.05, 0) is 31.3 Å². The molecule has 0 bridgehead atoms. The first-order chi connectivity index (χ1) is 8.52. The summed E-state index contributed by atoms with van der Waals surface area (Å²) in [5.41, 5.74) is 0.611. The van der Waals surface area contributed by atoms with E-state index in [1.165, 1.54) is 0 Å². The number of ether oxygens (including phenoxy) is 1. The molecule has 0 atom stereocenters. The molecule has 0 saturated heterocycles. The summed E-state index contributed by atoms with van der Waals surface area (Å²) in [5.74, 6) is -0.196. The lowest BCUT2D eigenvalue weighted by atomic mass is 10.1. The number of rotatable bonds is 7. The molecule has 1 rings (SSSR count). The van der Waals surface area contributed by atoms with Crippen LogP contribution in [0.5, 0.6) is 5.75 Å². The van der Waals surface area contributed by atoms with Gasteiger partial charge in [-0.2, -0.15) is 0 Å². The molecule has 5 nitrogen and oxygen atoms in total. The standard InChI is InChI=1S/C13H17NO4/c1-14(9-13(16)17)8-7-12(15)10-3-5-11(18-2)6-4-10/h3-6H,7-9H2,1-2H3,(H,16,17). The van der Waals surface area contributed by atoms with Crippen LogP contribution in [0.4, 0.5) is 0 Å². The van der Waals surface area contributed by atoms with Crippen molar-refractivity contribution in [2.45, 2.75) is 6.42 Å². The summed E-state index contributed by atoms with van der Waals surface area (Å²) < 4.78 is 5.01. The number of hydrogen-bond acceptors (Lipinski definition) is 4. The van der Waals surface area contributed by atoms with Crippen molar-refractivity contribution in [1.82, 2.24) is 4.90 Å². The molecular weight excluding hydrogens is 234 g/mol. The minimum atomic E-state index is -0.894. The fourth-order valence-electron chi connectivity index (χ4n) is 1.52. The highest BCUT2D eigenvalue weighted by Gasteiger charge is 2.09. The van der Waals surface area contributed by atoms with Crippen molar-refractivity contribution in [2.24, 2.45) is 0 Å². The molecule has 0 amide bonds. The zero-order valence-corrected chi connectivity index (χ0v) is 10.5. The number of aliphatic carboxylic acids is 1. The Balaban J connectivity index is 2.47. The average molecular weight is 251 g/mol. The van der Waals surface area contributed by atoms with Crippen LogP contribution in [0.1, 0.15) is 16.8 Å². The third kappa shape index (κ3) is 4.55. The van der Waals surface area contributed by atoms with Crippen LogP contribution in [0.2, 0.25) is 0 Å². The van der Waals surface area contributed by atoms with Gasteiger partial charge in [0.05, 0.1) is 13.7 Å². The minimum absolute atomic E-state index is 0.00473. The monoisotopic (exact) mass is 251 g/mol. The lowest BCUT2D eigenvalue weighted by Gasteiger charge is -2.12. The van der Waals surface area contributed by atoms with Gasteiger partial charge in [-0.15, -0.1) is 0 Å². The van der Waals surface area contributed by atoms with Gasteiger partial charge < -0.3 is 9.84 Å². The first-order valence-corrected chi connectivity index (χ1v) is 5.60. The Bertz CT molecular complexity index is 414. The third-order valence-corrected chi connectivity index (χ3v) is 2.54. The van der Waals surface area contributed by atoms with Gasteiger partial charge in [0.15, 0.2) is 5.78 Å². The predicted molar refractivity (Wildman–Crippen MR) is 67.1 cm³/mol. The molecule has 0 aliphatic rings. The maximum absolute atomic E-state index is 11.8. The van der Waals surface area contributed by atoms with Gasteiger partial charge in [-0.3, -0.25) is 14.5 Å². The lowest BCUT2D eigenvalue weighted by molar-refractivity contribution is -0.137. The molecule has 0 fully saturated rings. The number of benzene rings is 1. The predicted octanol–water partition coefficient (Wildman–Crippen LogP) is 1.28. The van der Waals surface area contributed by atoms with E-state index in [9.17, 15) is 9.59 Å². The molecule has 5 heteroatoms. The largest absolute Gasteiger partial charge is 0.497 e. The Morgan fingerprint density at radius 1 is 1.28 bits per heavy atom. The maximum Gasteiger partial charge on any atom is 0.317 e. The summed E-state index contributed by atoms with van der Waals surface area (Å²) in [6.45, 7) is 0.368. The van der Waals surface area contributed by atoms with E-state index in [4.69, 9.17) is 9.84 Å². The molecule has 0 radical (unpaired) electrons. The molecule has 0 aromatic heterocycles. The molecule has 18 heavy (non-hydrogen) atoms. The highest BCUT2D eigenvalue weighted by molar-refractivity contribution is 5.96. The van der Waals surface area contributed by atoms with Crippen LogP contribution in [0.3, 0.4) is 0 Å². The number of likely N-dealkylation sites (N-methyl/N-ethyl adjacent to an activating group) is 1. The fourth-order valence-corrected chi connectivity index (χ4v) is 1.52. The highest BCUT2D eigenvalue weighted by atomic mass is 16.5. The van der Waals surface area contributed by atoms with Crippen LogP contribution in [-0.2, 0) is 4.79 Å². The van der Waals surface area contributed by atoms with Gasteiger partial charge in [0, 0.05) is 18.5 Å². The summed E-state index contributed by atoms with van der Waals surface area (Å²) in [4.78, 5) is 23.9. The van der Waals surface area contributed by atoms with E-state index >= 15 is 0 Å². The molecule has 1 N–H and O–H groups in total. The molecule has 0 spiro atoms. The Morgan fingerprint density at radius 3 is 2.39 bits per heavy atom.